The molecule has 0 aliphatic heterocycles. The lowest BCUT2D eigenvalue weighted by Gasteiger charge is -2.09. The number of aryl methyl sites for hydroxylation is 1. The molecule has 1 amide bonds. The smallest absolute Gasteiger partial charge is 0.417 e. The number of pyridine rings is 1. The molecule has 3 rings (SSSR count). The van der Waals surface area contributed by atoms with Crippen LogP contribution in [-0.4, -0.2) is 46.4 Å². The van der Waals surface area contributed by atoms with Gasteiger partial charge in [0.2, 0.25) is 0 Å². The first-order valence-electron chi connectivity index (χ1n) is 9.86. The van der Waals surface area contributed by atoms with Gasteiger partial charge >= 0.3 is 12.1 Å². The summed E-state index contributed by atoms with van der Waals surface area (Å²) in [5.74, 6) is -0.515. The number of ether oxygens (including phenoxy) is 2. The molecule has 0 saturated heterocycles. The number of carbonyl (C=O) groups is 2. The van der Waals surface area contributed by atoms with Crippen molar-refractivity contribution < 1.29 is 32.2 Å². The van der Waals surface area contributed by atoms with E-state index in [1.807, 2.05) is 25.1 Å². The van der Waals surface area contributed by atoms with Crippen LogP contribution in [-0.2, 0) is 15.7 Å². The predicted octanol–water partition coefficient (Wildman–Crippen LogP) is 3.25. The van der Waals surface area contributed by atoms with Crippen LogP contribution in [0.15, 0.2) is 48.8 Å². The highest BCUT2D eigenvalue weighted by Gasteiger charge is 2.31. The second kappa shape index (κ2) is 10.2. The van der Waals surface area contributed by atoms with Gasteiger partial charge in [0.1, 0.15) is 17.9 Å². The summed E-state index contributed by atoms with van der Waals surface area (Å²) >= 11 is 0. The molecular weight excluding hydrogens is 441 g/mol. The van der Waals surface area contributed by atoms with Crippen LogP contribution in [0.4, 0.5) is 13.2 Å². The van der Waals surface area contributed by atoms with Crippen LogP contribution in [0.2, 0.25) is 0 Å². The molecule has 0 bridgehead atoms. The zero-order valence-electron chi connectivity index (χ0n) is 17.8. The number of rotatable bonds is 8. The Morgan fingerprint density at radius 3 is 2.58 bits per heavy atom. The van der Waals surface area contributed by atoms with Crippen molar-refractivity contribution >= 4 is 11.9 Å². The van der Waals surface area contributed by atoms with Gasteiger partial charge in [-0.3, -0.25) is 4.79 Å². The molecule has 0 saturated carbocycles. The Balaban J connectivity index is 1.48. The largest absolute Gasteiger partial charge is 0.492 e. The highest BCUT2D eigenvalue weighted by Crippen LogP contribution is 2.28. The van der Waals surface area contributed by atoms with Gasteiger partial charge in [0.05, 0.1) is 24.0 Å². The van der Waals surface area contributed by atoms with E-state index < -0.39 is 30.2 Å². The number of nitrogens with one attached hydrogen (secondary N) is 1. The summed E-state index contributed by atoms with van der Waals surface area (Å²) in [7, 11) is 0. The molecule has 0 aliphatic rings. The van der Waals surface area contributed by atoms with E-state index >= 15 is 0 Å². The molecule has 174 valence electrons. The van der Waals surface area contributed by atoms with Gasteiger partial charge in [-0.2, -0.15) is 18.3 Å². The summed E-state index contributed by atoms with van der Waals surface area (Å²) in [5.41, 5.74) is 0.522. The first-order chi connectivity index (χ1) is 15.6. The van der Waals surface area contributed by atoms with Crippen LogP contribution < -0.4 is 10.1 Å². The zero-order valence-corrected chi connectivity index (χ0v) is 17.8. The van der Waals surface area contributed by atoms with Gasteiger partial charge in [-0.15, -0.1) is 0 Å². The molecule has 1 N–H and O–H groups in total. The molecule has 0 spiro atoms. The number of amides is 1. The van der Waals surface area contributed by atoms with Gasteiger partial charge in [0.25, 0.3) is 5.91 Å². The lowest BCUT2D eigenvalue weighted by Crippen LogP contribution is -2.32. The maximum Gasteiger partial charge on any atom is 0.417 e. The number of esters is 1. The van der Waals surface area contributed by atoms with E-state index in [-0.39, 0.29) is 24.5 Å². The number of alkyl halides is 3. The van der Waals surface area contributed by atoms with Gasteiger partial charge < -0.3 is 14.8 Å². The monoisotopic (exact) mass is 462 g/mol. The third-order valence-electron chi connectivity index (χ3n) is 4.54. The molecule has 0 aliphatic carbocycles. The van der Waals surface area contributed by atoms with Gasteiger partial charge in [-0.25, -0.2) is 14.5 Å². The topological polar surface area (TPSA) is 95.3 Å². The highest BCUT2D eigenvalue weighted by atomic mass is 19.4. The van der Waals surface area contributed by atoms with Crippen molar-refractivity contribution in [3.63, 3.8) is 0 Å². The summed E-state index contributed by atoms with van der Waals surface area (Å²) < 4.78 is 49.8. The Bertz CT molecular complexity index is 1130. The maximum absolute atomic E-state index is 12.7. The Kier molecular flexibility index (Phi) is 7.31. The predicted molar refractivity (Wildman–Crippen MR) is 111 cm³/mol. The van der Waals surface area contributed by atoms with Crippen LogP contribution in [0.1, 0.15) is 27.2 Å². The van der Waals surface area contributed by atoms with Gasteiger partial charge in [0, 0.05) is 6.20 Å². The van der Waals surface area contributed by atoms with Crippen molar-refractivity contribution in [1.29, 1.82) is 0 Å². The summed E-state index contributed by atoms with van der Waals surface area (Å²) in [5, 5.41) is 6.55. The fraction of sp³-hybridized carbons (Fsp3) is 0.273. The summed E-state index contributed by atoms with van der Waals surface area (Å²) in [4.78, 5) is 27.9. The molecule has 33 heavy (non-hydrogen) atoms. The number of carbonyl (C=O) groups excluding carboxylic acids is 2. The van der Waals surface area contributed by atoms with Crippen LogP contribution in [0.5, 0.6) is 5.75 Å². The van der Waals surface area contributed by atoms with E-state index in [1.165, 1.54) is 17.8 Å². The fourth-order valence-corrected chi connectivity index (χ4v) is 2.84. The van der Waals surface area contributed by atoms with Crippen molar-refractivity contribution in [2.24, 2.45) is 0 Å². The molecule has 2 heterocycles. The number of hydrogen-bond acceptors (Lipinski definition) is 6. The fourth-order valence-electron chi connectivity index (χ4n) is 2.84. The van der Waals surface area contributed by atoms with E-state index in [4.69, 9.17) is 9.47 Å². The van der Waals surface area contributed by atoms with Crippen LogP contribution in [0, 0.1) is 13.8 Å². The van der Waals surface area contributed by atoms with E-state index in [0.29, 0.717) is 17.6 Å². The third kappa shape index (κ3) is 6.31. The quantitative estimate of drug-likeness (QED) is 0.408. The molecule has 1 aromatic carbocycles. The minimum absolute atomic E-state index is 0.0623. The average molecular weight is 462 g/mol. The second-order valence-corrected chi connectivity index (χ2v) is 7.05. The molecule has 2 aromatic heterocycles. The summed E-state index contributed by atoms with van der Waals surface area (Å²) in [6, 6.07) is 9.49. The van der Waals surface area contributed by atoms with E-state index in [2.05, 4.69) is 15.4 Å². The third-order valence-corrected chi connectivity index (χ3v) is 4.54. The molecule has 3 aromatic rings. The minimum atomic E-state index is -4.51. The SMILES string of the molecule is Cc1cccc(OCCNC(=O)COC(=O)c2cnn(-c3ccc(C(F)(F)F)cn3)c2C)c1. The summed E-state index contributed by atoms with van der Waals surface area (Å²) in [6.07, 6.45) is -2.63. The normalized spacial score (nSPS) is 11.2. The summed E-state index contributed by atoms with van der Waals surface area (Å²) in [6.45, 7) is 3.43. The van der Waals surface area contributed by atoms with Crippen molar-refractivity contribution in [3.05, 3.63) is 71.2 Å². The molecule has 8 nitrogen and oxygen atoms in total. The van der Waals surface area contributed by atoms with E-state index in [0.717, 1.165) is 17.7 Å². The van der Waals surface area contributed by atoms with Crippen LogP contribution in [0.25, 0.3) is 5.82 Å². The number of nitrogens with zero attached hydrogens (tertiary/aromatic N) is 3. The van der Waals surface area contributed by atoms with Gasteiger partial charge in [0.15, 0.2) is 12.4 Å². The molecular formula is C22H21F3N4O4. The number of benzene rings is 1. The molecule has 0 unspecified atom stereocenters. The molecule has 0 atom stereocenters. The van der Waals surface area contributed by atoms with Crippen molar-refractivity contribution in [2.45, 2.75) is 20.0 Å². The standard InChI is InChI=1S/C22H21F3N4O4/c1-14-4-3-5-17(10-14)32-9-8-26-20(30)13-33-21(31)18-12-28-29(15(18)2)19-7-6-16(11-27-19)22(23,24)25/h3-7,10-12H,8-9,13H2,1-2H3,(H,26,30). The minimum Gasteiger partial charge on any atom is -0.492 e. The number of hydrogen-bond donors (Lipinski definition) is 1. The lowest BCUT2D eigenvalue weighted by atomic mass is 10.2. The Hall–Kier alpha value is -3.89. The van der Waals surface area contributed by atoms with Crippen molar-refractivity contribution in [2.75, 3.05) is 19.8 Å². The Morgan fingerprint density at radius 1 is 1.12 bits per heavy atom. The van der Waals surface area contributed by atoms with Gasteiger partial charge in [-0.1, -0.05) is 12.1 Å². The van der Waals surface area contributed by atoms with Crippen molar-refractivity contribution in [3.8, 4) is 11.6 Å². The van der Waals surface area contributed by atoms with Crippen LogP contribution in [0.3, 0.4) is 0 Å². The first-order valence-corrected chi connectivity index (χ1v) is 9.86. The average Bonchev–Trinajstić information content (AvgIpc) is 3.16. The maximum atomic E-state index is 12.7. The van der Waals surface area contributed by atoms with Crippen molar-refractivity contribution in [1.82, 2.24) is 20.1 Å². The first kappa shape index (κ1) is 23.8. The number of halogens is 3. The Labute approximate surface area is 187 Å². The highest BCUT2D eigenvalue weighted by molar-refractivity contribution is 5.92. The molecule has 0 fully saturated rings. The van der Waals surface area contributed by atoms with E-state index in [9.17, 15) is 22.8 Å². The Morgan fingerprint density at radius 2 is 1.91 bits per heavy atom. The molecule has 11 heteroatoms. The molecule has 0 radical (unpaired) electrons. The van der Waals surface area contributed by atoms with E-state index in [1.54, 1.807) is 6.07 Å². The second-order valence-electron chi connectivity index (χ2n) is 7.05. The zero-order chi connectivity index (χ0) is 24.0. The van der Waals surface area contributed by atoms with Crippen LogP contribution >= 0.6 is 0 Å². The van der Waals surface area contributed by atoms with Gasteiger partial charge in [-0.05, 0) is 43.7 Å². The number of aromatic nitrogens is 3. The lowest BCUT2D eigenvalue weighted by molar-refractivity contribution is -0.137.